The Morgan fingerprint density at radius 1 is 1.50 bits per heavy atom. The molecule has 0 aliphatic heterocycles. The van der Waals surface area contributed by atoms with E-state index in [1.807, 2.05) is 0 Å². The average molecular weight is 257 g/mol. The molecule has 0 unspecified atom stereocenters. The van der Waals surface area contributed by atoms with Crippen molar-refractivity contribution in [3.63, 3.8) is 0 Å². The van der Waals surface area contributed by atoms with Crippen molar-refractivity contribution < 1.29 is 27.8 Å². The molecule has 4 nitrogen and oxygen atoms in total. The lowest BCUT2D eigenvalue weighted by Gasteiger charge is -2.09. The summed E-state index contributed by atoms with van der Waals surface area (Å²) >= 11 is 0. The first-order valence-corrected chi connectivity index (χ1v) is 4.54. The number of carboxylic acid groups (broad SMARTS) is 1. The van der Waals surface area contributed by atoms with Gasteiger partial charge < -0.3 is 9.84 Å². The maximum atomic E-state index is 13.2. The molecule has 7 heteroatoms. The van der Waals surface area contributed by atoms with Crippen LogP contribution in [0.5, 0.6) is 5.75 Å². The summed E-state index contributed by atoms with van der Waals surface area (Å²) in [6, 6.07) is 3.14. The van der Waals surface area contributed by atoms with Crippen LogP contribution in [-0.2, 0) is 4.79 Å². The molecule has 0 spiro atoms. The molecule has 1 aromatic rings. The average Bonchev–Trinajstić information content (AvgIpc) is 2.28. The van der Waals surface area contributed by atoms with Crippen LogP contribution in [0.15, 0.2) is 18.2 Å². The van der Waals surface area contributed by atoms with Gasteiger partial charge in [-0.25, -0.2) is 9.18 Å². The summed E-state index contributed by atoms with van der Waals surface area (Å²) in [6.07, 6.45) is 1.41. The van der Waals surface area contributed by atoms with E-state index < -0.39 is 29.7 Å². The van der Waals surface area contributed by atoms with Gasteiger partial charge >= 0.3 is 12.6 Å². The lowest BCUT2D eigenvalue weighted by molar-refractivity contribution is -0.131. The van der Waals surface area contributed by atoms with Crippen molar-refractivity contribution in [2.75, 3.05) is 0 Å². The van der Waals surface area contributed by atoms with Gasteiger partial charge in [0.25, 0.3) is 0 Å². The first kappa shape index (κ1) is 13.6. The molecule has 0 saturated carbocycles. The highest BCUT2D eigenvalue weighted by atomic mass is 19.3. The Bertz CT molecular complexity index is 535. The highest BCUT2D eigenvalue weighted by molar-refractivity contribution is 5.86. The molecule has 0 saturated heterocycles. The van der Waals surface area contributed by atoms with E-state index in [0.29, 0.717) is 6.08 Å². The van der Waals surface area contributed by atoms with Crippen LogP contribution in [0.2, 0.25) is 0 Å². The predicted octanol–water partition coefficient (Wildman–Crippen LogP) is 2.40. The van der Waals surface area contributed by atoms with E-state index in [1.165, 1.54) is 6.07 Å². The van der Waals surface area contributed by atoms with Crippen LogP contribution in [0.1, 0.15) is 11.1 Å². The normalized spacial score (nSPS) is 10.6. The summed E-state index contributed by atoms with van der Waals surface area (Å²) in [4.78, 5) is 10.3. The number of hydrogen-bond acceptors (Lipinski definition) is 3. The largest absolute Gasteiger partial charge is 0.478 e. The van der Waals surface area contributed by atoms with Crippen LogP contribution >= 0.6 is 0 Å². The minimum atomic E-state index is -3.17. The van der Waals surface area contributed by atoms with Crippen molar-refractivity contribution in [2.24, 2.45) is 0 Å². The number of benzene rings is 1. The molecular formula is C11H6F3NO3. The minimum Gasteiger partial charge on any atom is -0.478 e. The zero-order valence-electron chi connectivity index (χ0n) is 8.73. The molecule has 0 aliphatic carbocycles. The molecule has 1 N–H and O–H groups in total. The molecule has 0 bridgehead atoms. The maximum Gasteiger partial charge on any atom is 0.387 e. The Morgan fingerprint density at radius 2 is 2.17 bits per heavy atom. The first-order chi connectivity index (χ1) is 8.45. The fourth-order valence-electron chi connectivity index (χ4n) is 1.21. The number of aliphatic carboxylic acids is 1. The van der Waals surface area contributed by atoms with Gasteiger partial charge in [-0.15, -0.1) is 0 Å². The quantitative estimate of drug-likeness (QED) is 0.841. The fourth-order valence-corrected chi connectivity index (χ4v) is 1.21. The van der Waals surface area contributed by atoms with Gasteiger partial charge in [0.05, 0.1) is 5.56 Å². The van der Waals surface area contributed by atoms with Crippen molar-refractivity contribution in [2.45, 2.75) is 6.61 Å². The van der Waals surface area contributed by atoms with Gasteiger partial charge in [0.1, 0.15) is 17.6 Å². The van der Waals surface area contributed by atoms with Gasteiger partial charge in [0, 0.05) is 11.6 Å². The van der Waals surface area contributed by atoms with Crippen LogP contribution in [-0.4, -0.2) is 17.7 Å². The number of alkyl halides is 2. The van der Waals surface area contributed by atoms with Gasteiger partial charge in [0.2, 0.25) is 0 Å². The smallest absolute Gasteiger partial charge is 0.387 e. The Hall–Kier alpha value is -2.49. The second kappa shape index (κ2) is 5.72. The summed E-state index contributed by atoms with van der Waals surface area (Å²) in [5.41, 5.74) is -0.911. The van der Waals surface area contributed by atoms with E-state index in [1.54, 1.807) is 0 Å². The predicted molar refractivity (Wildman–Crippen MR) is 54.4 cm³/mol. The molecular weight excluding hydrogens is 251 g/mol. The maximum absolute atomic E-state index is 13.2. The highest BCUT2D eigenvalue weighted by Crippen LogP contribution is 2.27. The summed E-state index contributed by atoms with van der Waals surface area (Å²) < 4.78 is 41.5. The van der Waals surface area contributed by atoms with Crippen LogP contribution < -0.4 is 4.74 Å². The SMILES string of the molecule is N#Cc1c(F)ccc(OC(F)F)c1/C=C/C(=O)O. The van der Waals surface area contributed by atoms with Crippen molar-refractivity contribution in [1.82, 2.24) is 0 Å². The number of halogens is 3. The summed E-state index contributed by atoms with van der Waals surface area (Å²) in [7, 11) is 0. The Morgan fingerprint density at radius 3 is 2.67 bits per heavy atom. The van der Waals surface area contributed by atoms with Crippen LogP contribution in [0.25, 0.3) is 6.08 Å². The first-order valence-electron chi connectivity index (χ1n) is 4.54. The standard InChI is InChI=1S/C11H6F3NO3/c12-8-2-3-9(18-11(13)14)6(7(8)5-15)1-4-10(16)17/h1-4,11H,(H,16,17)/b4-1+. The number of carboxylic acids is 1. The minimum absolute atomic E-state index is 0.347. The molecule has 18 heavy (non-hydrogen) atoms. The van der Waals surface area contributed by atoms with Gasteiger partial charge in [-0.3, -0.25) is 0 Å². The van der Waals surface area contributed by atoms with Crippen LogP contribution in [0.4, 0.5) is 13.2 Å². The zero-order chi connectivity index (χ0) is 13.7. The third kappa shape index (κ3) is 3.25. The molecule has 1 rings (SSSR count). The Kier molecular flexibility index (Phi) is 4.32. The van der Waals surface area contributed by atoms with Crippen molar-refractivity contribution in [1.29, 1.82) is 5.26 Å². The van der Waals surface area contributed by atoms with Gasteiger partial charge in [-0.1, -0.05) is 0 Å². The third-order valence-electron chi connectivity index (χ3n) is 1.88. The second-order valence-electron chi connectivity index (χ2n) is 3.00. The van der Waals surface area contributed by atoms with Gasteiger partial charge in [-0.2, -0.15) is 14.0 Å². The van der Waals surface area contributed by atoms with E-state index in [9.17, 15) is 18.0 Å². The highest BCUT2D eigenvalue weighted by Gasteiger charge is 2.15. The van der Waals surface area contributed by atoms with E-state index in [-0.39, 0.29) is 5.56 Å². The topological polar surface area (TPSA) is 70.3 Å². The molecule has 1 aromatic carbocycles. The number of nitriles is 1. The molecule has 0 atom stereocenters. The molecule has 0 radical (unpaired) electrons. The van der Waals surface area contributed by atoms with Crippen molar-refractivity contribution in [3.05, 3.63) is 35.2 Å². The molecule has 0 amide bonds. The van der Waals surface area contributed by atoms with Crippen molar-refractivity contribution >= 4 is 12.0 Å². The number of ether oxygens (including phenoxy) is 1. The van der Waals surface area contributed by atoms with Crippen LogP contribution in [0.3, 0.4) is 0 Å². The Balaban J connectivity index is 3.35. The number of rotatable bonds is 4. The molecule has 0 aromatic heterocycles. The second-order valence-corrected chi connectivity index (χ2v) is 3.00. The van der Waals surface area contributed by atoms with Gasteiger partial charge in [0.15, 0.2) is 0 Å². The zero-order valence-corrected chi connectivity index (χ0v) is 8.73. The summed E-state index contributed by atoms with van der Waals surface area (Å²) in [5, 5.41) is 17.1. The third-order valence-corrected chi connectivity index (χ3v) is 1.88. The lowest BCUT2D eigenvalue weighted by atomic mass is 10.1. The van der Waals surface area contributed by atoms with Gasteiger partial charge in [-0.05, 0) is 18.2 Å². The summed E-state index contributed by atoms with van der Waals surface area (Å²) in [6.45, 7) is -3.17. The van der Waals surface area contributed by atoms with Crippen LogP contribution in [0, 0.1) is 17.1 Å². The molecule has 0 fully saturated rings. The molecule has 0 heterocycles. The number of carbonyl (C=O) groups is 1. The number of hydrogen-bond donors (Lipinski definition) is 1. The fraction of sp³-hybridized carbons (Fsp3) is 0.0909. The van der Waals surface area contributed by atoms with Crippen molar-refractivity contribution in [3.8, 4) is 11.8 Å². The van der Waals surface area contributed by atoms with E-state index in [0.717, 1.165) is 18.2 Å². The van der Waals surface area contributed by atoms with E-state index >= 15 is 0 Å². The monoisotopic (exact) mass is 257 g/mol. The van der Waals surface area contributed by atoms with E-state index in [4.69, 9.17) is 10.4 Å². The van der Waals surface area contributed by atoms with E-state index in [2.05, 4.69) is 4.74 Å². The molecule has 94 valence electrons. The Labute approximate surface area is 99.5 Å². The lowest BCUT2D eigenvalue weighted by Crippen LogP contribution is -2.05. The molecule has 0 aliphatic rings. The summed E-state index contributed by atoms with van der Waals surface area (Å²) in [5.74, 6) is -2.80. The number of nitrogens with zero attached hydrogens (tertiary/aromatic N) is 1.